The number of rotatable bonds is 3. The summed E-state index contributed by atoms with van der Waals surface area (Å²) in [4.78, 5) is 13.3. The number of carbonyl (C=O) groups excluding carboxylic acids is 1. The highest BCUT2D eigenvalue weighted by atomic mass is 16.1. The fourth-order valence-corrected chi connectivity index (χ4v) is 2.47. The van der Waals surface area contributed by atoms with Gasteiger partial charge in [0.25, 0.3) is 0 Å². The van der Waals surface area contributed by atoms with Crippen LogP contribution in [0.2, 0.25) is 0 Å². The maximum atomic E-state index is 10.9. The molecule has 0 spiro atoms. The van der Waals surface area contributed by atoms with Crippen molar-refractivity contribution in [2.45, 2.75) is 32.9 Å². The summed E-state index contributed by atoms with van der Waals surface area (Å²) in [5.74, 6) is 0.585. The van der Waals surface area contributed by atoms with Crippen LogP contribution in [0.3, 0.4) is 0 Å². The average molecular weight is 261 g/mol. The third-order valence-corrected chi connectivity index (χ3v) is 3.78. The molecule has 2 rings (SSSR count). The van der Waals surface area contributed by atoms with Crippen LogP contribution in [0.15, 0.2) is 24.3 Å². The molecule has 0 aromatic heterocycles. The number of nitrogens with zero attached hydrogens (tertiary/aromatic N) is 1. The summed E-state index contributed by atoms with van der Waals surface area (Å²) >= 11 is 0. The molecule has 1 aromatic carbocycles. The standard InChI is InChI=1S/C15H23N3O/c1-11-7-8-18(10-15(11)16)9-13-3-5-14(6-4-13)17-12(2)19/h3-6,11,15H,7-10,16H2,1-2H3,(H,17,19). The van der Waals surface area contributed by atoms with Crippen LogP contribution in [0.5, 0.6) is 0 Å². The second-order valence-corrected chi connectivity index (χ2v) is 5.54. The molecule has 0 aliphatic carbocycles. The Morgan fingerprint density at radius 1 is 1.42 bits per heavy atom. The minimum atomic E-state index is -0.0382. The van der Waals surface area contributed by atoms with Crippen LogP contribution in [-0.2, 0) is 11.3 Å². The summed E-state index contributed by atoms with van der Waals surface area (Å²) in [6.07, 6.45) is 1.17. The van der Waals surface area contributed by atoms with Crippen LogP contribution >= 0.6 is 0 Å². The Labute approximate surface area is 115 Å². The molecule has 0 saturated carbocycles. The molecular formula is C15H23N3O. The molecule has 1 aromatic rings. The van der Waals surface area contributed by atoms with E-state index in [0.717, 1.165) is 25.3 Å². The number of hydrogen-bond donors (Lipinski definition) is 2. The van der Waals surface area contributed by atoms with Gasteiger partial charge in [-0.1, -0.05) is 19.1 Å². The number of amides is 1. The molecule has 1 fully saturated rings. The Morgan fingerprint density at radius 2 is 2.11 bits per heavy atom. The lowest BCUT2D eigenvalue weighted by atomic mass is 9.94. The summed E-state index contributed by atoms with van der Waals surface area (Å²) < 4.78 is 0. The predicted molar refractivity (Wildman–Crippen MR) is 77.8 cm³/mol. The zero-order chi connectivity index (χ0) is 13.8. The van der Waals surface area contributed by atoms with Crippen LogP contribution in [-0.4, -0.2) is 29.9 Å². The van der Waals surface area contributed by atoms with E-state index >= 15 is 0 Å². The molecule has 1 aliphatic rings. The Hall–Kier alpha value is -1.39. The van der Waals surface area contributed by atoms with Crippen molar-refractivity contribution in [1.29, 1.82) is 0 Å². The van der Waals surface area contributed by atoms with E-state index in [1.54, 1.807) is 0 Å². The van der Waals surface area contributed by atoms with Gasteiger partial charge in [-0.15, -0.1) is 0 Å². The van der Waals surface area contributed by atoms with E-state index in [1.807, 2.05) is 12.1 Å². The fourth-order valence-electron chi connectivity index (χ4n) is 2.47. The highest BCUT2D eigenvalue weighted by molar-refractivity contribution is 5.88. The maximum absolute atomic E-state index is 10.9. The number of nitrogens with one attached hydrogen (secondary N) is 1. The summed E-state index contributed by atoms with van der Waals surface area (Å²) in [5.41, 5.74) is 8.22. The van der Waals surface area contributed by atoms with Crippen molar-refractivity contribution in [2.24, 2.45) is 11.7 Å². The van der Waals surface area contributed by atoms with Gasteiger partial charge in [0.05, 0.1) is 0 Å². The predicted octanol–water partition coefficient (Wildman–Crippen LogP) is 1.81. The molecule has 0 bridgehead atoms. The molecule has 3 N–H and O–H groups in total. The molecular weight excluding hydrogens is 238 g/mol. The van der Waals surface area contributed by atoms with Gasteiger partial charge in [-0.05, 0) is 36.6 Å². The van der Waals surface area contributed by atoms with Gasteiger partial charge in [0.1, 0.15) is 0 Å². The first kappa shape index (κ1) is 14.0. The van der Waals surface area contributed by atoms with E-state index in [1.165, 1.54) is 18.9 Å². The number of piperidine rings is 1. The van der Waals surface area contributed by atoms with Crippen molar-refractivity contribution >= 4 is 11.6 Å². The topological polar surface area (TPSA) is 58.4 Å². The van der Waals surface area contributed by atoms with E-state index < -0.39 is 0 Å². The third-order valence-electron chi connectivity index (χ3n) is 3.78. The van der Waals surface area contributed by atoms with Crippen LogP contribution in [0, 0.1) is 5.92 Å². The maximum Gasteiger partial charge on any atom is 0.221 e. The van der Waals surface area contributed by atoms with E-state index in [-0.39, 0.29) is 11.9 Å². The van der Waals surface area contributed by atoms with Gasteiger partial charge in [-0.2, -0.15) is 0 Å². The summed E-state index contributed by atoms with van der Waals surface area (Å²) in [7, 11) is 0. The molecule has 4 heteroatoms. The molecule has 2 unspecified atom stereocenters. The second-order valence-electron chi connectivity index (χ2n) is 5.54. The van der Waals surface area contributed by atoms with E-state index in [2.05, 4.69) is 29.3 Å². The Bertz CT molecular complexity index is 430. The normalized spacial score (nSPS) is 24.2. The summed E-state index contributed by atoms with van der Waals surface area (Å²) in [5, 5.41) is 2.78. The van der Waals surface area contributed by atoms with E-state index in [0.29, 0.717) is 5.92 Å². The van der Waals surface area contributed by atoms with Crippen LogP contribution in [0.25, 0.3) is 0 Å². The van der Waals surface area contributed by atoms with Crippen LogP contribution in [0.1, 0.15) is 25.8 Å². The minimum Gasteiger partial charge on any atom is -0.326 e. The summed E-state index contributed by atoms with van der Waals surface area (Å²) in [6.45, 7) is 6.76. The molecule has 2 atom stereocenters. The zero-order valence-corrected chi connectivity index (χ0v) is 11.7. The molecule has 1 saturated heterocycles. The van der Waals surface area contributed by atoms with Gasteiger partial charge < -0.3 is 11.1 Å². The van der Waals surface area contributed by atoms with Crippen LogP contribution < -0.4 is 11.1 Å². The molecule has 1 amide bonds. The lowest BCUT2D eigenvalue weighted by Gasteiger charge is -2.35. The first-order valence-corrected chi connectivity index (χ1v) is 6.89. The van der Waals surface area contributed by atoms with Crippen molar-refractivity contribution < 1.29 is 4.79 Å². The highest BCUT2D eigenvalue weighted by Crippen LogP contribution is 2.18. The molecule has 104 valence electrons. The van der Waals surface area contributed by atoms with Gasteiger partial charge in [0, 0.05) is 31.7 Å². The van der Waals surface area contributed by atoms with E-state index in [4.69, 9.17) is 5.73 Å². The Kier molecular flexibility index (Phi) is 4.56. The first-order valence-electron chi connectivity index (χ1n) is 6.89. The molecule has 19 heavy (non-hydrogen) atoms. The molecule has 1 heterocycles. The van der Waals surface area contributed by atoms with Crippen molar-refractivity contribution in [3.8, 4) is 0 Å². The highest BCUT2D eigenvalue weighted by Gasteiger charge is 2.22. The number of hydrogen-bond acceptors (Lipinski definition) is 3. The quantitative estimate of drug-likeness (QED) is 0.872. The Morgan fingerprint density at radius 3 is 2.68 bits per heavy atom. The number of likely N-dealkylation sites (tertiary alicyclic amines) is 1. The van der Waals surface area contributed by atoms with Crippen LogP contribution in [0.4, 0.5) is 5.69 Å². The lowest BCUT2D eigenvalue weighted by Crippen LogP contribution is -2.47. The smallest absolute Gasteiger partial charge is 0.221 e. The zero-order valence-electron chi connectivity index (χ0n) is 11.7. The second kappa shape index (κ2) is 6.17. The summed E-state index contributed by atoms with van der Waals surface area (Å²) in [6, 6.07) is 8.31. The Balaban J connectivity index is 1.91. The van der Waals surface area contributed by atoms with Gasteiger partial charge in [0.15, 0.2) is 0 Å². The first-order chi connectivity index (χ1) is 9.04. The molecule has 1 aliphatic heterocycles. The SMILES string of the molecule is CC(=O)Nc1ccc(CN2CCC(C)C(N)C2)cc1. The van der Waals surface area contributed by atoms with Gasteiger partial charge in [0.2, 0.25) is 5.91 Å². The van der Waals surface area contributed by atoms with Gasteiger partial charge >= 0.3 is 0 Å². The molecule has 4 nitrogen and oxygen atoms in total. The van der Waals surface area contributed by atoms with Crippen molar-refractivity contribution in [3.63, 3.8) is 0 Å². The average Bonchev–Trinajstić information content (AvgIpc) is 2.36. The van der Waals surface area contributed by atoms with Gasteiger partial charge in [-0.3, -0.25) is 9.69 Å². The molecule has 0 radical (unpaired) electrons. The van der Waals surface area contributed by atoms with Crippen molar-refractivity contribution in [1.82, 2.24) is 4.90 Å². The third kappa shape index (κ3) is 4.04. The van der Waals surface area contributed by atoms with Crippen molar-refractivity contribution in [2.75, 3.05) is 18.4 Å². The lowest BCUT2D eigenvalue weighted by molar-refractivity contribution is -0.114. The largest absolute Gasteiger partial charge is 0.326 e. The monoisotopic (exact) mass is 261 g/mol. The number of carbonyl (C=O) groups is 1. The minimum absolute atomic E-state index is 0.0382. The van der Waals surface area contributed by atoms with Crippen molar-refractivity contribution in [3.05, 3.63) is 29.8 Å². The fraction of sp³-hybridized carbons (Fsp3) is 0.533. The van der Waals surface area contributed by atoms with Gasteiger partial charge in [-0.25, -0.2) is 0 Å². The number of nitrogens with two attached hydrogens (primary N) is 1. The number of benzene rings is 1. The number of anilines is 1. The van der Waals surface area contributed by atoms with E-state index in [9.17, 15) is 4.79 Å².